The van der Waals surface area contributed by atoms with E-state index in [1.165, 1.54) is 14.2 Å². The number of methoxy groups -OCH3 is 4. The molecule has 0 radical (unpaired) electrons. The second-order valence-corrected chi connectivity index (χ2v) is 7.04. The van der Waals surface area contributed by atoms with Crippen LogP contribution in [0.5, 0.6) is 23.0 Å². The Kier molecular flexibility index (Phi) is 7.41. The Labute approximate surface area is 177 Å². The molecule has 1 amide bonds. The standard InChI is InChI=1S/C23H29NO6/c1-26-19-10-6-5-8-16(19)14-24(15-17-9-7-11-30-17)23(25)18-12-21(28-3)22(29-4)13-20(18)27-2/h5-6,8,10,12-13,17H,7,9,11,14-15H2,1-4H3. The van der Waals surface area contributed by atoms with E-state index in [1.54, 1.807) is 31.3 Å². The quantitative estimate of drug-likeness (QED) is 0.624. The lowest BCUT2D eigenvalue weighted by molar-refractivity contribution is 0.0503. The Balaban J connectivity index is 1.97. The van der Waals surface area contributed by atoms with Crippen LogP contribution in [0.3, 0.4) is 0 Å². The summed E-state index contributed by atoms with van der Waals surface area (Å²) in [6.45, 7) is 1.59. The van der Waals surface area contributed by atoms with E-state index in [0.29, 0.717) is 35.9 Å². The number of carbonyl (C=O) groups is 1. The first-order valence-corrected chi connectivity index (χ1v) is 9.94. The van der Waals surface area contributed by atoms with E-state index in [9.17, 15) is 4.79 Å². The maximum Gasteiger partial charge on any atom is 0.258 e. The highest BCUT2D eigenvalue weighted by molar-refractivity contribution is 5.98. The van der Waals surface area contributed by atoms with Crippen LogP contribution in [0.1, 0.15) is 28.8 Å². The third kappa shape index (κ3) is 4.79. The summed E-state index contributed by atoms with van der Waals surface area (Å²) in [4.78, 5) is 15.4. The van der Waals surface area contributed by atoms with Gasteiger partial charge in [-0.15, -0.1) is 0 Å². The largest absolute Gasteiger partial charge is 0.496 e. The van der Waals surface area contributed by atoms with Crippen molar-refractivity contribution in [3.8, 4) is 23.0 Å². The fourth-order valence-corrected chi connectivity index (χ4v) is 3.66. The van der Waals surface area contributed by atoms with Crippen LogP contribution < -0.4 is 18.9 Å². The van der Waals surface area contributed by atoms with Crippen LogP contribution in [0.2, 0.25) is 0 Å². The predicted molar refractivity (Wildman–Crippen MR) is 113 cm³/mol. The van der Waals surface area contributed by atoms with Gasteiger partial charge in [0.15, 0.2) is 11.5 Å². The van der Waals surface area contributed by atoms with Crippen LogP contribution in [0.4, 0.5) is 0 Å². The Morgan fingerprint density at radius 2 is 1.63 bits per heavy atom. The first-order chi connectivity index (χ1) is 14.6. The van der Waals surface area contributed by atoms with Crippen LogP contribution in [-0.2, 0) is 11.3 Å². The molecule has 0 aromatic heterocycles. The smallest absolute Gasteiger partial charge is 0.258 e. The molecule has 1 atom stereocenters. The number of carbonyl (C=O) groups excluding carboxylic acids is 1. The fourth-order valence-electron chi connectivity index (χ4n) is 3.66. The number of amides is 1. The maximum absolute atomic E-state index is 13.6. The van der Waals surface area contributed by atoms with Gasteiger partial charge in [0.25, 0.3) is 5.91 Å². The third-order valence-electron chi connectivity index (χ3n) is 5.23. The first-order valence-electron chi connectivity index (χ1n) is 9.94. The van der Waals surface area contributed by atoms with E-state index in [2.05, 4.69) is 0 Å². The number of ether oxygens (including phenoxy) is 5. The van der Waals surface area contributed by atoms with E-state index < -0.39 is 0 Å². The van der Waals surface area contributed by atoms with Gasteiger partial charge >= 0.3 is 0 Å². The van der Waals surface area contributed by atoms with Gasteiger partial charge in [0.1, 0.15) is 11.5 Å². The van der Waals surface area contributed by atoms with Gasteiger partial charge in [-0.1, -0.05) is 18.2 Å². The second-order valence-electron chi connectivity index (χ2n) is 7.04. The van der Waals surface area contributed by atoms with Crippen molar-refractivity contribution < 1.29 is 28.5 Å². The molecule has 0 bridgehead atoms. The lowest BCUT2D eigenvalue weighted by Gasteiger charge is -2.27. The van der Waals surface area contributed by atoms with Crippen molar-refractivity contribution in [2.24, 2.45) is 0 Å². The van der Waals surface area contributed by atoms with Crippen LogP contribution >= 0.6 is 0 Å². The molecule has 0 spiro atoms. The molecule has 1 fully saturated rings. The van der Waals surface area contributed by atoms with Crippen LogP contribution in [-0.4, -0.2) is 58.5 Å². The molecule has 0 saturated carbocycles. The van der Waals surface area contributed by atoms with Gasteiger partial charge in [-0.05, 0) is 18.9 Å². The number of benzene rings is 2. The van der Waals surface area contributed by atoms with E-state index >= 15 is 0 Å². The molecule has 30 heavy (non-hydrogen) atoms. The minimum atomic E-state index is -0.172. The van der Waals surface area contributed by atoms with Crippen molar-refractivity contribution in [3.63, 3.8) is 0 Å². The third-order valence-corrected chi connectivity index (χ3v) is 5.23. The van der Waals surface area contributed by atoms with Gasteiger partial charge in [0.05, 0.1) is 40.1 Å². The fraction of sp³-hybridized carbons (Fsp3) is 0.435. The van der Waals surface area contributed by atoms with E-state index in [-0.39, 0.29) is 12.0 Å². The number of hydrogen-bond acceptors (Lipinski definition) is 6. The molecule has 7 nitrogen and oxygen atoms in total. The zero-order chi connectivity index (χ0) is 21.5. The van der Waals surface area contributed by atoms with Crippen molar-refractivity contribution in [2.45, 2.75) is 25.5 Å². The van der Waals surface area contributed by atoms with E-state index in [4.69, 9.17) is 23.7 Å². The van der Waals surface area contributed by atoms with Gasteiger partial charge in [-0.3, -0.25) is 4.79 Å². The first kappa shape index (κ1) is 21.8. The molecule has 3 rings (SSSR count). The molecule has 1 aliphatic heterocycles. The number of para-hydroxylation sites is 1. The topological polar surface area (TPSA) is 66.5 Å². The maximum atomic E-state index is 13.6. The molecule has 7 heteroatoms. The molecule has 1 saturated heterocycles. The van der Waals surface area contributed by atoms with Crippen LogP contribution in [0, 0.1) is 0 Å². The molecule has 162 valence electrons. The Morgan fingerprint density at radius 3 is 2.27 bits per heavy atom. The summed E-state index contributed by atoms with van der Waals surface area (Å²) in [6, 6.07) is 11.0. The van der Waals surface area contributed by atoms with E-state index in [1.807, 2.05) is 24.3 Å². The summed E-state index contributed by atoms with van der Waals surface area (Å²) in [5.41, 5.74) is 1.33. The molecule has 0 N–H and O–H groups in total. The zero-order valence-corrected chi connectivity index (χ0v) is 18.0. The molecule has 2 aromatic rings. The van der Waals surface area contributed by atoms with E-state index in [0.717, 1.165) is 30.8 Å². The zero-order valence-electron chi connectivity index (χ0n) is 18.0. The minimum Gasteiger partial charge on any atom is -0.496 e. The number of rotatable bonds is 9. The van der Waals surface area contributed by atoms with Gasteiger partial charge < -0.3 is 28.6 Å². The average Bonchev–Trinajstić information content (AvgIpc) is 3.30. The Bertz CT molecular complexity index is 863. The highest BCUT2D eigenvalue weighted by Crippen LogP contribution is 2.35. The highest BCUT2D eigenvalue weighted by atomic mass is 16.5. The molecular weight excluding hydrogens is 386 g/mol. The molecule has 0 aliphatic carbocycles. The second kappa shape index (κ2) is 10.2. The summed E-state index contributed by atoms with van der Waals surface area (Å²) in [7, 11) is 6.24. The van der Waals surface area contributed by atoms with Crippen molar-refractivity contribution >= 4 is 5.91 Å². The Morgan fingerprint density at radius 1 is 0.967 bits per heavy atom. The highest BCUT2D eigenvalue weighted by Gasteiger charge is 2.27. The molecule has 1 heterocycles. The van der Waals surface area contributed by atoms with Gasteiger partial charge in [-0.2, -0.15) is 0 Å². The van der Waals surface area contributed by atoms with Crippen molar-refractivity contribution in [1.29, 1.82) is 0 Å². The van der Waals surface area contributed by atoms with Crippen molar-refractivity contribution in [3.05, 3.63) is 47.5 Å². The number of nitrogens with zero attached hydrogens (tertiary/aromatic N) is 1. The molecule has 1 aliphatic rings. The van der Waals surface area contributed by atoms with Crippen molar-refractivity contribution in [2.75, 3.05) is 41.6 Å². The number of hydrogen-bond donors (Lipinski definition) is 0. The summed E-state index contributed by atoms with van der Waals surface area (Å²) in [5, 5.41) is 0. The Hall–Kier alpha value is -2.93. The lowest BCUT2D eigenvalue weighted by Crippen LogP contribution is -2.37. The molecule has 2 aromatic carbocycles. The normalized spacial score (nSPS) is 15.5. The van der Waals surface area contributed by atoms with Crippen LogP contribution in [0.25, 0.3) is 0 Å². The summed E-state index contributed by atoms with van der Waals surface area (Å²) in [5.74, 6) is 1.96. The van der Waals surface area contributed by atoms with Gasteiger partial charge in [0, 0.05) is 37.4 Å². The summed E-state index contributed by atoms with van der Waals surface area (Å²) >= 11 is 0. The van der Waals surface area contributed by atoms with Crippen LogP contribution in [0.15, 0.2) is 36.4 Å². The summed E-state index contributed by atoms with van der Waals surface area (Å²) < 4.78 is 27.5. The SMILES string of the molecule is COc1ccccc1CN(CC1CCCO1)C(=O)c1cc(OC)c(OC)cc1OC. The molecular formula is C23H29NO6. The van der Waals surface area contributed by atoms with Gasteiger partial charge in [0.2, 0.25) is 0 Å². The van der Waals surface area contributed by atoms with Crippen molar-refractivity contribution in [1.82, 2.24) is 4.90 Å². The average molecular weight is 415 g/mol. The lowest BCUT2D eigenvalue weighted by atomic mass is 10.1. The monoisotopic (exact) mass is 415 g/mol. The predicted octanol–water partition coefficient (Wildman–Crippen LogP) is 3.54. The minimum absolute atomic E-state index is 0.00907. The summed E-state index contributed by atoms with van der Waals surface area (Å²) in [6.07, 6.45) is 1.94. The molecule has 1 unspecified atom stereocenters. The van der Waals surface area contributed by atoms with Gasteiger partial charge in [-0.25, -0.2) is 0 Å².